The maximum Gasteiger partial charge on any atom is 0.330 e. The van der Waals surface area contributed by atoms with E-state index in [4.69, 9.17) is 9.84 Å². The van der Waals surface area contributed by atoms with Crippen LogP contribution >= 0.6 is 0 Å². The molecule has 2 N–H and O–H groups in total. The van der Waals surface area contributed by atoms with Crippen molar-refractivity contribution in [2.75, 3.05) is 6.61 Å². The van der Waals surface area contributed by atoms with E-state index in [0.717, 1.165) is 0 Å². The molecule has 0 aromatic carbocycles. The molecule has 15 heavy (non-hydrogen) atoms. The molecule has 1 aromatic rings. The van der Waals surface area contributed by atoms with Gasteiger partial charge in [0.2, 0.25) is 0 Å². The monoisotopic (exact) mass is 209 g/mol. The zero-order valence-corrected chi connectivity index (χ0v) is 7.71. The molecule has 0 aliphatic carbocycles. The van der Waals surface area contributed by atoms with Gasteiger partial charge in [0.15, 0.2) is 6.23 Å². The number of aliphatic hydroxyl groups is 1. The van der Waals surface area contributed by atoms with Gasteiger partial charge >= 0.3 is 5.69 Å². The normalized spacial score (nSPS) is 24.6. The molecule has 0 bridgehead atoms. The Kier molecular flexibility index (Phi) is 2.53. The summed E-state index contributed by atoms with van der Waals surface area (Å²) in [6.07, 6.45) is 4.50. The van der Waals surface area contributed by atoms with Gasteiger partial charge in [-0.05, 0) is 6.08 Å². The second-order valence-corrected chi connectivity index (χ2v) is 3.06. The van der Waals surface area contributed by atoms with E-state index in [-0.39, 0.29) is 6.61 Å². The summed E-state index contributed by atoms with van der Waals surface area (Å²) in [5, 5.41) is 8.80. The molecule has 1 aliphatic heterocycles. The number of aromatic amines is 1. The Balaban J connectivity index is 2.29. The molecule has 0 spiro atoms. The number of hydrogen-bond acceptors (Lipinski definition) is 4. The number of nitrogens with zero attached hydrogens (tertiary/aromatic N) is 1. The topological polar surface area (TPSA) is 84.3 Å². The van der Waals surface area contributed by atoms with Crippen molar-refractivity contribution in [3.8, 4) is 0 Å². The highest BCUT2D eigenvalue weighted by atomic mass is 16.5. The zero-order valence-electron chi connectivity index (χ0n) is 7.71. The summed E-state index contributed by atoms with van der Waals surface area (Å²) in [5.74, 6) is 0. The number of rotatable bonds is 2. The molecular weight excluding hydrogens is 200 g/mol. The molecule has 1 aliphatic rings. The fourth-order valence-electron chi connectivity index (χ4n) is 1.29. The van der Waals surface area contributed by atoms with E-state index in [1.54, 1.807) is 6.08 Å². The lowest BCUT2D eigenvalue weighted by atomic mass is 10.4. The molecule has 6 heteroatoms. The molecule has 1 radical (unpaired) electrons. The Morgan fingerprint density at radius 3 is 3.00 bits per heavy atom. The van der Waals surface area contributed by atoms with Crippen LogP contribution in [0.25, 0.3) is 0 Å². The van der Waals surface area contributed by atoms with Crippen molar-refractivity contribution in [2.45, 2.75) is 12.3 Å². The summed E-state index contributed by atoms with van der Waals surface area (Å²) in [6, 6.07) is 1.22. The van der Waals surface area contributed by atoms with Gasteiger partial charge < -0.3 is 9.84 Å². The smallest absolute Gasteiger partial charge is 0.330 e. The van der Waals surface area contributed by atoms with Gasteiger partial charge in [-0.25, -0.2) is 4.79 Å². The maximum atomic E-state index is 11.3. The van der Waals surface area contributed by atoms with E-state index in [2.05, 4.69) is 11.1 Å². The lowest BCUT2D eigenvalue weighted by Crippen LogP contribution is -2.32. The minimum atomic E-state index is -0.688. The van der Waals surface area contributed by atoms with Gasteiger partial charge in [-0.3, -0.25) is 14.3 Å². The quantitative estimate of drug-likeness (QED) is 0.639. The SMILES string of the molecule is O=c1ccn([C@@H]2[C]=C[C@H](CO)O2)c(=O)[nH]1. The number of aromatic nitrogens is 2. The molecule has 0 fully saturated rings. The van der Waals surface area contributed by atoms with E-state index in [9.17, 15) is 9.59 Å². The largest absolute Gasteiger partial charge is 0.393 e. The van der Waals surface area contributed by atoms with Crippen LogP contribution in [0, 0.1) is 6.08 Å². The van der Waals surface area contributed by atoms with Crippen molar-refractivity contribution >= 4 is 0 Å². The summed E-state index contributed by atoms with van der Waals surface area (Å²) in [4.78, 5) is 24.2. The van der Waals surface area contributed by atoms with Crippen LogP contribution < -0.4 is 11.2 Å². The predicted octanol–water partition coefficient (Wildman–Crippen LogP) is -1.21. The summed E-state index contributed by atoms with van der Waals surface area (Å²) < 4.78 is 6.43. The van der Waals surface area contributed by atoms with Crippen LogP contribution in [0.3, 0.4) is 0 Å². The van der Waals surface area contributed by atoms with E-state index in [0.29, 0.717) is 0 Å². The summed E-state index contributed by atoms with van der Waals surface area (Å²) in [5.41, 5.74) is -1.02. The second-order valence-electron chi connectivity index (χ2n) is 3.06. The summed E-state index contributed by atoms with van der Waals surface area (Å²) in [6.45, 7) is -0.165. The first kappa shape index (κ1) is 9.88. The van der Waals surface area contributed by atoms with Crippen molar-refractivity contribution in [1.82, 2.24) is 9.55 Å². The fraction of sp³-hybridized carbons (Fsp3) is 0.333. The third-order valence-electron chi connectivity index (χ3n) is 2.01. The van der Waals surface area contributed by atoms with Crippen molar-refractivity contribution in [2.24, 2.45) is 0 Å². The number of nitrogens with one attached hydrogen (secondary N) is 1. The Bertz CT molecular complexity index is 487. The molecular formula is C9H9N2O4. The van der Waals surface area contributed by atoms with Crippen LogP contribution in [0.1, 0.15) is 6.23 Å². The molecule has 0 saturated carbocycles. The molecule has 6 nitrogen and oxygen atoms in total. The third kappa shape index (κ3) is 1.90. The molecule has 0 unspecified atom stereocenters. The van der Waals surface area contributed by atoms with E-state index >= 15 is 0 Å². The van der Waals surface area contributed by atoms with Crippen molar-refractivity contribution < 1.29 is 9.84 Å². The van der Waals surface area contributed by atoms with Crippen molar-refractivity contribution in [3.63, 3.8) is 0 Å². The lowest BCUT2D eigenvalue weighted by molar-refractivity contribution is -0.0129. The van der Waals surface area contributed by atoms with Gasteiger partial charge in [0.1, 0.15) is 6.10 Å². The molecule has 79 valence electrons. The first-order valence-electron chi connectivity index (χ1n) is 4.38. The third-order valence-corrected chi connectivity index (χ3v) is 2.01. The summed E-state index contributed by atoms with van der Waals surface area (Å²) >= 11 is 0. The molecule has 1 aromatic heterocycles. The molecule has 0 amide bonds. The molecule has 2 atom stereocenters. The molecule has 2 rings (SSSR count). The van der Waals surface area contributed by atoms with Gasteiger partial charge in [-0.15, -0.1) is 0 Å². The number of H-pyrrole nitrogens is 1. The van der Waals surface area contributed by atoms with E-state index < -0.39 is 23.6 Å². The van der Waals surface area contributed by atoms with Crippen LogP contribution in [0.5, 0.6) is 0 Å². The van der Waals surface area contributed by atoms with E-state index in [1.807, 2.05) is 0 Å². The zero-order chi connectivity index (χ0) is 10.8. The van der Waals surface area contributed by atoms with Gasteiger partial charge in [0.05, 0.1) is 6.61 Å². The Morgan fingerprint density at radius 2 is 2.40 bits per heavy atom. The average Bonchev–Trinajstić information content (AvgIpc) is 2.66. The van der Waals surface area contributed by atoms with Gasteiger partial charge in [0, 0.05) is 18.3 Å². The average molecular weight is 209 g/mol. The number of aliphatic hydroxyl groups excluding tert-OH is 1. The second kappa shape index (κ2) is 3.84. The lowest BCUT2D eigenvalue weighted by Gasteiger charge is -2.13. The fourth-order valence-corrected chi connectivity index (χ4v) is 1.29. The highest BCUT2D eigenvalue weighted by Crippen LogP contribution is 2.17. The van der Waals surface area contributed by atoms with Crippen LogP contribution in [-0.2, 0) is 4.74 Å². The van der Waals surface area contributed by atoms with Gasteiger partial charge in [0.25, 0.3) is 5.56 Å². The minimum Gasteiger partial charge on any atom is -0.393 e. The Hall–Kier alpha value is -1.66. The van der Waals surface area contributed by atoms with Crippen LogP contribution in [0.2, 0.25) is 0 Å². The Labute approximate surface area is 84.4 Å². The Morgan fingerprint density at radius 1 is 1.60 bits per heavy atom. The standard InChI is InChI=1S/C9H9N2O4/c12-5-6-1-2-8(15-6)11-4-3-7(13)10-9(11)14/h1,3-4,6,8,12H,5H2,(H,10,13,14)/t6-,8+/m1/s1. The number of ether oxygens (including phenoxy) is 1. The first-order valence-corrected chi connectivity index (χ1v) is 4.38. The van der Waals surface area contributed by atoms with Crippen LogP contribution in [-0.4, -0.2) is 27.4 Å². The molecule has 0 saturated heterocycles. The molecule has 2 heterocycles. The highest BCUT2D eigenvalue weighted by Gasteiger charge is 2.20. The maximum absolute atomic E-state index is 11.3. The van der Waals surface area contributed by atoms with Gasteiger partial charge in [-0.1, -0.05) is 0 Å². The first-order chi connectivity index (χ1) is 7.20. The predicted molar refractivity (Wildman–Crippen MR) is 50.1 cm³/mol. The van der Waals surface area contributed by atoms with Crippen LogP contribution in [0.4, 0.5) is 0 Å². The highest BCUT2D eigenvalue weighted by molar-refractivity contribution is 4.96. The van der Waals surface area contributed by atoms with Crippen molar-refractivity contribution in [1.29, 1.82) is 0 Å². The van der Waals surface area contributed by atoms with Crippen molar-refractivity contribution in [3.05, 3.63) is 45.3 Å². The van der Waals surface area contributed by atoms with E-state index in [1.165, 1.54) is 16.8 Å². The summed E-state index contributed by atoms with van der Waals surface area (Å²) in [7, 11) is 0. The minimum absolute atomic E-state index is 0.165. The van der Waals surface area contributed by atoms with Crippen LogP contribution in [0.15, 0.2) is 27.9 Å². The number of hydrogen-bond donors (Lipinski definition) is 2. The van der Waals surface area contributed by atoms with Gasteiger partial charge in [-0.2, -0.15) is 0 Å².